The molecule has 174 valence electrons. The van der Waals surface area contributed by atoms with Crippen LogP contribution in [0.3, 0.4) is 0 Å². The number of morpholine rings is 1. The van der Waals surface area contributed by atoms with Crippen molar-refractivity contribution in [3.05, 3.63) is 93.7 Å². The van der Waals surface area contributed by atoms with E-state index in [1.807, 2.05) is 32.0 Å². The SMILES string of the molecule is Cc1cccc(C)c1-n1cc(-c2nc(C3CNCCO3)oc2-c2ccc(F)cc2F)ccc1=O. The number of nitrogens with zero attached hydrogens (tertiary/aromatic N) is 2. The Labute approximate surface area is 194 Å². The molecule has 1 unspecified atom stereocenters. The number of nitrogens with one attached hydrogen (secondary N) is 1. The van der Waals surface area contributed by atoms with E-state index in [2.05, 4.69) is 10.3 Å². The lowest BCUT2D eigenvalue weighted by Gasteiger charge is -2.20. The molecule has 1 saturated heterocycles. The van der Waals surface area contributed by atoms with Gasteiger partial charge in [0.1, 0.15) is 23.4 Å². The highest BCUT2D eigenvalue weighted by atomic mass is 19.1. The Morgan fingerprint density at radius 2 is 1.88 bits per heavy atom. The van der Waals surface area contributed by atoms with Crippen LogP contribution in [0.1, 0.15) is 23.1 Å². The number of aromatic nitrogens is 2. The number of ether oxygens (including phenoxy) is 1. The van der Waals surface area contributed by atoms with E-state index in [0.717, 1.165) is 22.9 Å². The van der Waals surface area contributed by atoms with E-state index >= 15 is 0 Å². The van der Waals surface area contributed by atoms with Gasteiger partial charge in [0.2, 0.25) is 5.89 Å². The van der Waals surface area contributed by atoms with Gasteiger partial charge in [0, 0.05) is 37.0 Å². The molecule has 8 heteroatoms. The third kappa shape index (κ3) is 4.06. The van der Waals surface area contributed by atoms with Gasteiger partial charge in [0.15, 0.2) is 5.76 Å². The number of benzene rings is 2. The van der Waals surface area contributed by atoms with E-state index < -0.39 is 17.7 Å². The van der Waals surface area contributed by atoms with E-state index in [4.69, 9.17) is 9.15 Å². The summed E-state index contributed by atoms with van der Waals surface area (Å²) >= 11 is 0. The molecule has 0 saturated carbocycles. The van der Waals surface area contributed by atoms with Crippen LogP contribution >= 0.6 is 0 Å². The number of halogens is 2. The summed E-state index contributed by atoms with van der Waals surface area (Å²) in [4.78, 5) is 17.4. The highest BCUT2D eigenvalue weighted by Crippen LogP contribution is 2.36. The van der Waals surface area contributed by atoms with Crippen LogP contribution in [-0.4, -0.2) is 29.2 Å². The molecule has 3 heterocycles. The van der Waals surface area contributed by atoms with E-state index in [9.17, 15) is 13.6 Å². The Bertz CT molecular complexity index is 1400. The van der Waals surface area contributed by atoms with Gasteiger partial charge in [-0.25, -0.2) is 13.8 Å². The Morgan fingerprint density at radius 1 is 1.09 bits per heavy atom. The lowest BCUT2D eigenvalue weighted by Crippen LogP contribution is -2.33. The maximum Gasteiger partial charge on any atom is 0.255 e. The standard InChI is InChI=1S/C26H23F2N3O3/c1-15-4-3-5-16(2)24(15)31-14-17(6-9-22(31)32)23-25(19-8-7-18(27)12-20(19)28)34-26(30-23)21-13-29-10-11-33-21/h3-9,12,14,21,29H,10-11,13H2,1-2H3. The van der Waals surface area contributed by atoms with Gasteiger partial charge in [-0.1, -0.05) is 18.2 Å². The lowest BCUT2D eigenvalue weighted by atomic mass is 10.1. The molecule has 0 bridgehead atoms. The molecule has 2 aromatic carbocycles. The second-order valence-electron chi connectivity index (χ2n) is 8.28. The molecule has 5 rings (SSSR count). The van der Waals surface area contributed by atoms with Gasteiger partial charge in [0.05, 0.1) is 17.9 Å². The van der Waals surface area contributed by atoms with Gasteiger partial charge in [-0.05, 0) is 43.2 Å². The predicted octanol–water partition coefficient (Wildman–Crippen LogP) is 4.72. The van der Waals surface area contributed by atoms with Crippen LogP contribution < -0.4 is 10.9 Å². The first kappa shape index (κ1) is 22.2. The van der Waals surface area contributed by atoms with Gasteiger partial charge in [-0.3, -0.25) is 9.36 Å². The molecule has 0 spiro atoms. The number of aryl methyl sites for hydroxylation is 2. The molecule has 1 atom stereocenters. The topological polar surface area (TPSA) is 69.3 Å². The minimum atomic E-state index is -0.769. The largest absolute Gasteiger partial charge is 0.437 e. The second-order valence-corrected chi connectivity index (χ2v) is 8.28. The summed E-state index contributed by atoms with van der Waals surface area (Å²) in [5, 5.41) is 3.22. The molecular weight excluding hydrogens is 440 g/mol. The molecule has 0 amide bonds. The van der Waals surface area contributed by atoms with Gasteiger partial charge < -0.3 is 14.5 Å². The number of para-hydroxylation sites is 1. The summed E-state index contributed by atoms with van der Waals surface area (Å²) in [6.45, 7) is 5.56. The lowest BCUT2D eigenvalue weighted by molar-refractivity contribution is 0.0112. The van der Waals surface area contributed by atoms with Crippen LogP contribution in [0.4, 0.5) is 8.78 Å². The van der Waals surface area contributed by atoms with E-state index in [1.54, 1.807) is 16.8 Å². The van der Waals surface area contributed by atoms with Crippen molar-refractivity contribution in [2.24, 2.45) is 0 Å². The molecule has 4 aromatic rings. The van der Waals surface area contributed by atoms with Gasteiger partial charge in [0.25, 0.3) is 5.56 Å². The number of pyridine rings is 1. The van der Waals surface area contributed by atoms with Crippen molar-refractivity contribution < 1.29 is 17.9 Å². The minimum absolute atomic E-state index is 0.0729. The van der Waals surface area contributed by atoms with Crippen LogP contribution in [0.2, 0.25) is 0 Å². The van der Waals surface area contributed by atoms with Crippen LogP contribution in [-0.2, 0) is 4.74 Å². The number of hydrogen-bond donors (Lipinski definition) is 1. The van der Waals surface area contributed by atoms with Crippen molar-refractivity contribution in [3.63, 3.8) is 0 Å². The summed E-state index contributed by atoms with van der Waals surface area (Å²) in [5.41, 5.74) is 3.41. The number of rotatable bonds is 4. The first-order valence-electron chi connectivity index (χ1n) is 11.0. The smallest absolute Gasteiger partial charge is 0.255 e. The fourth-order valence-electron chi connectivity index (χ4n) is 4.24. The maximum atomic E-state index is 14.8. The van der Waals surface area contributed by atoms with Crippen molar-refractivity contribution in [2.45, 2.75) is 20.0 Å². The number of hydrogen-bond acceptors (Lipinski definition) is 5. The van der Waals surface area contributed by atoms with Crippen molar-refractivity contribution >= 4 is 0 Å². The summed E-state index contributed by atoms with van der Waals surface area (Å²) in [6, 6.07) is 12.2. The first-order valence-corrected chi connectivity index (χ1v) is 11.0. The Morgan fingerprint density at radius 3 is 2.59 bits per heavy atom. The summed E-state index contributed by atoms with van der Waals surface area (Å²) < 4.78 is 41.7. The van der Waals surface area contributed by atoms with Gasteiger partial charge in [-0.2, -0.15) is 0 Å². The zero-order valence-corrected chi connectivity index (χ0v) is 18.8. The van der Waals surface area contributed by atoms with Crippen LogP contribution in [0.25, 0.3) is 28.3 Å². The normalized spacial score (nSPS) is 16.1. The zero-order valence-electron chi connectivity index (χ0n) is 18.8. The van der Waals surface area contributed by atoms with Crippen LogP contribution in [0.5, 0.6) is 0 Å². The monoisotopic (exact) mass is 463 g/mol. The molecule has 1 aliphatic rings. The van der Waals surface area contributed by atoms with Crippen molar-refractivity contribution in [1.82, 2.24) is 14.9 Å². The Kier molecular flexibility index (Phi) is 5.85. The molecule has 0 aliphatic carbocycles. The Hall–Kier alpha value is -3.62. The molecule has 1 N–H and O–H groups in total. The molecule has 1 aliphatic heterocycles. The summed E-state index contributed by atoms with van der Waals surface area (Å²) in [5.74, 6) is -1.03. The highest BCUT2D eigenvalue weighted by molar-refractivity contribution is 5.77. The fraction of sp³-hybridized carbons (Fsp3) is 0.231. The molecule has 2 aromatic heterocycles. The third-order valence-corrected chi connectivity index (χ3v) is 5.89. The van der Waals surface area contributed by atoms with Crippen LogP contribution in [0.15, 0.2) is 63.9 Å². The quantitative estimate of drug-likeness (QED) is 0.475. The average Bonchev–Trinajstić information content (AvgIpc) is 3.26. The van der Waals surface area contributed by atoms with Crippen LogP contribution in [0, 0.1) is 25.5 Å². The summed E-state index contributed by atoms with van der Waals surface area (Å²) in [6.07, 6.45) is 1.22. The minimum Gasteiger partial charge on any atom is -0.437 e. The molecule has 6 nitrogen and oxygen atoms in total. The average molecular weight is 463 g/mol. The van der Waals surface area contributed by atoms with E-state index in [1.165, 1.54) is 18.2 Å². The van der Waals surface area contributed by atoms with Gasteiger partial charge >= 0.3 is 0 Å². The molecule has 0 radical (unpaired) electrons. The predicted molar refractivity (Wildman–Crippen MR) is 124 cm³/mol. The summed E-state index contributed by atoms with van der Waals surface area (Å²) in [7, 11) is 0. The zero-order chi connectivity index (χ0) is 23.8. The molecule has 1 fully saturated rings. The fourth-order valence-corrected chi connectivity index (χ4v) is 4.24. The number of oxazole rings is 1. The van der Waals surface area contributed by atoms with E-state index in [-0.39, 0.29) is 22.8 Å². The Balaban J connectivity index is 1.70. The first-order chi connectivity index (χ1) is 16.4. The van der Waals surface area contributed by atoms with Crippen molar-refractivity contribution in [1.29, 1.82) is 0 Å². The van der Waals surface area contributed by atoms with Crippen molar-refractivity contribution in [2.75, 3.05) is 19.7 Å². The molecule has 34 heavy (non-hydrogen) atoms. The third-order valence-electron chi connectivity index (χ3n) is 5.89. The highest BCUT2D eigenvalue weighted by Gasteiger charge is 2.27. The second kappa shape index (κ2) is 8.96. The van der Waals surface area contributed by atoms with Gasteiger partial charge in [-0.15, -0.1) is 0 Å². The van der Waals surface area contributed by atoms with E-state index in [0.29, 0.717) is 31.0 Å². The molecular formula is C26H23F2N3O3. The maximum absolute atomic E-state index is 14.8. The van der Waals surface area contributed by atoms with Crippen molar-refractivity contribution in [3.8, 4) is 28.3 Å².